The van der Waals surface area contributed by atoms with Crippen LogP contribution in [0.2, 0.25) is 0 Å². The molecule has 0 atom stereocenters. The molecule has 9 nitrogen and oxygen atoms in total. The molecule has 1 aliphatic rings. The van der Waals surface area contributed by atoms with Crippen molar-refractivity contribution in [3.8, 4) is 11.3 Å². The van der Waals surface area contributed by atoms with E-state index in [9.17, 15) is 0 Å². The third-order valence-electron chi connectivity index (χ3n) is 5.30. The lowest BCUT2D eigenvalue weighted by atomic mass is 10.1. The number of anilines is 3. The third kappa shape index (κ3) is 3.40. The maximum atomic E-state index is 5.99. The van der Waals surface area contributed by atoms with Crippen LogP contribution in [0.5, 0.6) is 0 Å². The van der Waals surface area contributed by atoms with Gasteiger partial charge in [-0.25, -0.2) is 15.0 Å². The maximum Gasteiger partial charge on any atom is 0.180 e. The zero-order valence-corrected chi connectivity index (χ0v) is 16.2. The Morgan fingerprint density at radius 1 is 1.07 bits per heavy atom. The van der Waals surface area contributed by atoms with E-state index >= 15 is 0 Å². The van der Waals surface area contributed by atoms with E-state index in [4.69, 9.17) is 5.73 Å². The van der Waals surface area contributed by atoms with Gasteiger partial charge < -0.3 is 16.0 Å². The van der Waals surface area contributed by atoms with Crippen LogP contribution in [0.25, 0.3) is 16.9 Å². The fraction of sp³-hybridized carbons (Fsp3) is 0.300. The molecular formula is C20H23N9. The Hall–Kier alpha value is -3.46. The summed E-state index contributed by atoms with van der Waals surface area (Å²) in [5.74, 6) is 1.66. The van der Waals surface area contributed by atoms with E-state index in [0.717, 1.165) is 54.3 Å². The van der Waals surface area contributed by atoms with Crippen LogP contribution in [0.1, 0.15) is 12.8 Å². The average Bonchev–Trinajstić information content (AvgIpc) is 3.36. The molecule has 5 heterocycles. The summed E-state index contributed by atoms with van der Waals surface area (Å²) in [6.45, 7) is 1.90. The molecule has 148 valence electrons. The molecule has 1 aliphatic heterocycles. The quantitative estimate of drug-likeness (QED) is 0.551. The minimum absolute atomic E-state index is 0.310. The molecule has 4 aromatic heterocycles. The Bertz CT molecular complexity index is 1120. The van der Waals surface area contributed by atoms with Crippen LogP contribution in [0, 0.1) is 0 Å². The van der Waals surface area contributed by atoms with Crippen molar-refractivity contribution in [2.75, 3.05) is 23.3 Å². The van der Waals surface area contributed by atoms with E-state index in [2.05, 4.69) is 30.3 Å². The second-order valence-corrected chi connectivity index (χ2v) is 7.37. The number of aromatic nitrogens is 6. The van der Waals surface area contributed by atoms with Gasteiger partial charge in [0.15, 0.2) is 11.5 Å². The number of pyridine rings is 1. The van der Waals surface area contributed by atoms with Crippen LogP contribution in [-0.2, 0) is 7.05 Å². The molecular weight excluding hydrogens is 366 g/mol. The molecule has 0 aromatic carbocycles. The molecule has 3 N–H and O–H groups in total. The van der Waals surface area contributed by atoms with E-state index in [1.807, 2.05) is 54.6 Å². The number of hydrogen-bond donors (Lipinski definition) is 2. The van der Waals surface area contributed by atoms with E-state index in [-0.39, 0.29) is 0 Å². The number of fused-ring (bicyclic) bond motifs is 1. The van der Waals surface area contributed by atoms with Gasteiger partial charge in [0.05, 0.1) is 30.0 Å². The van der Waals surface area contributed by atoms with Crippen LogP contribution >= 0.6 is 0 Å². The Morgan fingerprint density at radius 3 is 2.66 bits per heavy atom. The van der Waals surface area contributed by atoms with E-state index < -0.39 is 0 Å². The van der Waals surface area contributed by atoms with Gasteiger partial charge in [0, 0.05) is 50.3 Å². The van der Waals surface area contributed by atoms with Crippen molar-refractivity contribution in [1.29, 1.82) is 0 Å². The van der Waals surface area contributed by atoms with Gasteiger partial charge in [0.2, 0.25) is 0 Å². The van der Waals surface area contributed by atoms with Gasteiger partial charge in [-0.2, -0.15) is 5.10 Å². The summed E-state index contributed by atoms with van der Waals surface area (Å²) in [5, 5.41) is 7.58. The lowest BCUT2D eigenvalue weighted by molar-refractivity contribution is 0.498. The highest BCUT2D eigenvalue weighted by molar-refractivity contribution is 5.73. The largest absolute Gasteiger partial charge is 0.357 e. The summed E-state index contributed by atoms with van der Waals surface area (Å²) in [6, 6.07) is 4.36. The van der Waals surface area contributed by atoms with Gasteiger partial charge in [0.25, 0.3) is 0 Å². The van der Waals surface area contributed by atoms with Gasteiger partial charge in [-0.3, -0.25) is 9.08 Å². The average molecular weight is 389 g/mol. The van der Waals surface area contributed by atoms with Gasteiger partial charge in [-0.15, -0.1) is 0 Å². The van der Waals surface area contributed by atoms with Gasteiger partial charge in [-0.1, -0.05) is 0 Å². The first kappa shape index (κ1) is 17.6. The summed E-state index contributed by atoms with van der Waals surface area (Å²) in [4.78, 5) is 15.9. The van der Waals surface area contributed by atoms with Crippen molar-refractivity contribution in [2.45, 2.75) is 18.9 Å². The fourth-order valence-corrected chi connectivity index (χ4v) is 3.69. The molecule has 0 bridgehead atoms. The topological polar surface area (TPSA) is 102 Å². The molecule has 0 unspecified atom stereocenters. The lowest BCUT2D eigenvalue weighted by Gasteiger charge is -2.31. The Kier molecular flexibility index (Phi) is 4.36. The van der Waals surface area contributed by atoms with Gasteiger partial charge >= 0.3 is 0 Å². The summed E-state index contributed by atoms with van der Waals surface area (Å²) < 4.78 is 3.78. The van der Waals surface area contributed by atoms with E-state index in [1.54, 1.807) is 10.9 Å². The normalized spacial score (nSPS) is 15.2. The lowest BCUT2D eigenvalue weighted by Crippen LogP contribution is -2.40. The standard InChI is InChI=1S/C20H23N9/c1-27-13-14(10-25-27)17-12-24-20-19(22-6-9-29(17)20)26-16-2-3-18(23-11-16)28-7-4-15(21)5-8-28/h2-3,6,9-13,15H,4-5,7-8,21H2,1H3,(H,22,26). The second kappa shape index (κ2) is 7.17. The molecule has 0 aliphatic carbocycles. The summed E-state index contributed by atoms with van der Waals surface area (Å²) in [5.41, 5.74) is 9.59. The van der Waals surface area contributed by atoms with Crippen molar-refractivity contribution in [2.24, 2.45) is 12.8 Å². The van der Waals surface area contributed by atoms with Crippen molar-refractivity contribution in [3.05, 3.63) is 49.3 Å². The number of hydrogen-bond acceptors (Lipinski definition) is 7. The van der Waals surface area contributed by atoms with Crippen molar-refractivity contribution in [3.63, 3.8) is 0 Å². The van der Waals surface area contributed by atoms with Crippen molar-refractivity contribution in [1.82, 2.24) is 29.1 Å². The smallest absolute Gasteiger partial charge is 0.180 e. The SMILES string of the molecule is Cn1cc(-c2cnc3c(Nc4ccc(N5CCC(N)CC5)nc4)nccn23)cn1. The number of nitrogens with two attached hydrogens (primary N) is 1. The first-order valence-corrected chi connectivity index (χ1v) is 9.72. The van der Waals surface area contributed by atoms with Gasteiger partial charge in [-0.05, 0) is 25.0 Å². The number of nitrogens with one attached hydrogen (secondary N) is 1. The minimum atomic E-state index is 0.310. The predicted molar refractivity (Wildman–Crippen MR) is 112 cm³/mol. The molecule has 0 radical (unpaired) electrons. The first-order chi connectivity index (χ1) is 14.2. The number of nitrogens with zero attached hydrogens (tertiary/aromatic N) is 7. The molecule has 1 saturated heterocycles. The number of rotatable bonds is 4. The van der Waals surface area contributed by atoms with Crippen molar-refractivity contribution < 1.29 is 0 Å². The minimum Gasteiger partial charge on any atom is -0.357 e. The van der Waals surface area contributed by atoms with E-state index in [0.29, 0.717) is 11.9 Å². The fourth-order valence-electron chi connectivity index (χ4n) is 3.69. The second-order valence-electron chi connectivity index (χ2n) is 7.37. The predicted octanol–water partition coefficient (Wildman–Crippen LogP) is 2.20. The van der Waals surface area contributed by atoms with Crippen LogP contribution in [0.3, 0.4) is 0 Å². The van der Waals surface area contributed by atoms with Crippen LogP contribution in [-0.4, -0.2) is 48.3 Å². The zero-order valence-electron chi connectivity index (χ0n) is 16.2. The van der Waals surface area contributed by atoms with Gasteiger partial charge in [0.1, 0.15) is 5.82 Å². The summed E-state index contributed by atoms with van der Waals surface area (Å²) in [7, 11) is 1.90. The van der Waals surface area contributed by atoms with Crippen LogP contribution < -0.4 is 16.0 Å². The molecule has 29 heavy (non-hydrogen) atoms. The van der Waals surface area contributed by atoms with Crippen LogP contribution in [0.15, 0.2) is 49.3 Å². The molecule has 4 aromatic rings. The monoisotopic (exact) mass is 389 g/mol. The van der Waals surface area contributed by atoms with Crippen LogP contribution in [0.4, 0.5) is 17.3 Å². The molecule has 5 rings (SSSR count). The number of imidazole rings is 1. The molecule has 0 saturated carbocycles. The van der Waals surface area contributed by atoms with E-state index in [1.165, 1.54) is 0 Å². The molecule has 0 spiro atoms. The third-order valence-corrected chi connectivity index (χ3v) is 5.30. The summed E-state index contributed by atoms with van der Waals surface area (Å²) >= 11 is 0. The molecule has 1 fully saturated rings. The summed E-state index contributed by atoms with van der Waals surface area (Å²) in [6.07, 6.45) is 13.1. The number of piperidine rings is 1. The number of aryl methyl sites for hydroxylation is 1. The first-order valence-electron chi connectivity index (χ1n) is 9.72. The maximum absolute atomic E-state index is 5.99. The molecule has 0 amide bonds. The Labute approximate surface area is 168 Å². The Balaban J connectivity index is 1.38. The zero-order chi connectivity index (χ0) is 19.8. The highest BCUT2D eigenvalue weighted by Crippen LogP contribution is 2.25. The molecule has 9 heteroatoms. The Morgan fingerprint density at radius 2 is 1.93 bits per heavy atom. The highest BCUT2D eigenvalue weighted by atomic mass is 15.2. The van der Waals surface area contributed by atoms with Crippen molar-refractivity contribution >= 4 is 23.0 Å². The highest BCUT2D eigenvalue weighted by Gasteiger charge is 2.17.